The Balaban J connectivity index is 1.47. The maximum absolute atomic E-state index is 12.1. The van der Waals surface area contributed by atoms with Crippen LogP contribution in [0.15, 0.2) is 54.6 Å². The minimum absolute atomic E-state index is 0.0452. The van der Waals surface area contributed by atoms with Gasteiger partial charge in [0.2, 0.25) is 5.72 Å². The van der Waals surface area contributed by atoms with Gasteiger partial charge in [0.1, 0.15) is 5.75 Å². The third-order valence-corrected chi connectivity index (χ3v) is 3.99. The van der Waals surface area contributed by atoms with E-state index in [1.165, 1.54) is 5.56 Å². The van der Waals surface area contributed by atoms with Crippen LogP contribution >= 0.6 is 0 Å². The van der Waals surface area contributed by atoms with Crippen molar-refractivity contribution in [1.82, 2.24) is 10.2 Å². The van der Waals surface area contributed by atoms with Crippen molar-refractivity contribution in [3.63, 3.8) is 0 Å². The normalized spacial score (nSPS) is 19.3. The van der Waals surface area contributed by atoms with Crippen LogP contribution in [0.25, 0.3) is 0 Å². The van der Waals surface area contributed by atoms with Crippen molar-refractivity contribution in [2.24, 2.45) is 0 Å². The molecule has 0 bridgehead atoms. The van der Waals surface area contributed by atoms with Crippen molar-refractivity contribution >= 4 is 5.91 Å². The van der Waals surface area contributed by atoms with E-state index < -0.39 is 5.72 Å². The summed E-state index contributed by atoms with van der Waals surface area (Å²) in [5, 5.41) is 3.00. The number of carbonyl (C=O) groups excluding carboxylic acids is 1. The molecule has 2 heterocycles. The minimum Gasteiger partial charge on any atom is -0.464 e. The van der Waals surface area contributed by atoms with E-state index >= 15 is 0 Å². The summed E-state index contributed by atoms with van der Waals surface area (Å²) < 4.78 is 6.02. The second kappa shape index (κ2) is 4.60. The van der Waals surface area contributed by atoms with Crippen LogP contribution in [0.3, 0.4) is 0 Å². The Hall–Kier alpha value is -2.33. The summed E-state index contributed by atoms with van der Waals surface area (Å²) in [7, 11) is 0. The number of nitrogens with zero attached hydrogens (tertiary/aromatic N) is 1. The highest BCUT2D eigenvalue weighted by molar-refractivity contribution is 5.98. The zero-order valence-corrected chi connectivity index (χ0v) is 11.6. The predicted octanol–water partition coefficient (Wildman–Crippen LogP) is 2.02. The highest BCUT2D eigenvalue weighted by Gasteiger charge is 2.49. The lowest BCUT2D eigenvalue weighted by Gasteiger charge is -2.51. The summed E-state index contributed by atoms with van der Waals surface area (Å²) in [5.74, 6) is 0.636. The fourth-order valence-corrected chi connectivity index (χ4v) is 3.03. The number of rotatable bonds is 2. The number of hydrogen-bond donors (Lipinski definition) is 1. The van der Waals surface area contributed by atoms with E-state index in [1.54, 1.807) is 6.07 Å². The zero-order valence-electron chi connectivity index (χ0n) is 11.6. The second-order valence-corrected chi connectivity index (χ2v) is 5.68. The third kappa shape index (κ3) is 2.17. The van der Waals surface area contributed by atoms with Crippen LogP contribution < -0.4 is 10.1 Å². The molecule has 2 aliphatic rings. The van der Waals surface area contributed by atoms with Gasteiger partial charge in [-0.2, -0.15) is 0 Å². The lowest BCUT2D eigenvalue weighted by atomic mass is 9.99. The van der Waals surface area contributed by atoms with E-state index in [0.717, 1.165) is 6.54 Å². The molecule has 4 heteroatoms. The molecule has 2 aliphatic heterocycles. The van der Waals surface area contributed by atoms with E-state index in [0.29, 0.717) is 24.4 Å². The predicted molar refractivity (Wildman–Crippen MR) is 79.0 cm³/mol. The van der Waals surface area contributed by atoms with E-state index in [9.17, 15) is 4.79 Å². The van der Waals surface area contributed by atoms with Crippen LogP contribution in [-0.2, 0) is 6.54 Å². The van der Waals surface area contributed by atoms with Crippen LogP contribution in [0.5, 0.6) is 5.75 Å². The fourth-order valence-electron chi connectivity index (χ4n) is 3.03. The summed E-state index contributed by atoms with van der Waals surface area (Å²) in [6.45, 7) is 2.30. The van der Waals surface area contributed by atoms with Gasteiger partial charge in [-0.05, 0) is 17.7 Å². The van der Waals surface area contributed by atoms with Gasteiger partial charge in [0.05, 0.1) is 18.7 Å². The molecule has 0 aliphatic carbocycles. The molecule has 0 atom stereocenters. The first-order valence-electron chi connectivity index (χ1n) is 7.11. The molecule has 2 aromatic carbocycles. The van der Waals surface area contributed by atoms with Gasteiger partial charge in [0.15, 0.2) is 0 Å². The lowest BCUT2D eigenvalue weighted by Crippen LogP contribution is -2.74. The number of para-hydroxylation sites is 1. The molecule has 106 valence electrons. The van der Waals surface area contributed by atoms with E-state index in [2.05, 4.69) is 22.3 Å². The number of ether oxygens (including phenoxy) is 1. The summed E-state index contributed by atoms with van der Waals surface area (Å²) in [5.41, 5.74) is 1.33. The molecule has 1 spiro atoms. The molecule has 4 rings (SSSR count). The van der Waals surface area contributed by atoms with Crippen LogP contribution in [0, 0.1) is 0 Å². The van der Waals surface area contributed by atoms with Gasteiger partial charge in [-0.25, -0.2) is 0 Å². The van der Waals surface area contributed by atoms with Crippen LogP contribution in [0.4, 0.5) is 0 Å². The van der Waals surface area contributed by atoms with Gasteiger partial charge >= 0.3 is 0 Å². The quantitative estimate of drug-likeness (QED) is 0.915. The van der Waals surface area contributed by atoms with E-state index in [1.807, 2.05) is 36.4 Å². The standard InChI is InChI=1S/C17H16N2O2/c20-16-14-8-4-5-9-15(14)21-17(18-16)11-19(12-17)10-13-6-2-1-3-7-13/h1-9H,10-12H2,(H,18,20). The summed E-state index contributed by atoms with van der Waals surface area (Å²) >= 11 is 0. The molecular formula is C17H16N2O2. The van der Waals surface area contributed by atoms with Crippen molar-refractivity contribution in [2.45, 2.75) is 12.3 Å². The van der Waals surface area contributed by atoms with Crippen LogP contribution in [0.2, 0.25) is 0 Å². The molecule has 0 radical (unpaired) electrons. The summed E-state index contributed by atoms with van der Waals surface area (Å²) in [6, 6.07) is 17.7. The molecule has 1 fully saturated rings. The molecule has 1 saturated heterocycles. The maximum Gasteiger partial charge on any atom is 0.258 e. The molecule has 0 aromatic heterocycles. The number of hydrogen-bond acceptors (Lipinski definition) is 3. The Labute approximate surface area is 123 Å². The first kappa shape index (κ1) is 12.4. The molecule has 21 heavy (non-hydrogen) atoms. The average Bonchev–Trinajstić information content (AvgIpc) is 2.47. The molecular weight excluding hydrogens is 264 g/mol. The van der Waals surface area contributed by atoms with Crippen molar-refractivity contribution in [3.8, 4) is 5.75 Å². The Morgan fingerprint density at radius 2 is 1.76 bits per heavy atom. The average molecular weight is 280 g/mol. The van der Waals surface area contributed by atoms with Gasteiger partial charge < -0.3 is 10.1 Å². The minimum atomic E-state index is -0.555. The highest BCUT2D eigenvalue weighted by atomic mass is 16.5. The van der Waals surface area contributed by atoms with Gasteiger partial charge in [-0.3, -0.25) is 9.69 Å². The van der Waals surface area contributed by atoms with Crippen LogP contribution in [0.1, 0.15) is 15.9 Å². The zero-order chi connectivity index (χ0) is 14.3. The summed E-state index contributed by atoms with van der Waals surface area (Å²) in [4.78, 5) is 14.4. The first-order chi connectivity index (χ1) is 10.2. The number of nitrogens with one attached hydrogen (secondary N) is 1. The second-order valence-electron chi connectivity index (χ2n) is 5.68. The van der Waals surface area contributed by atoms with Gasteiger partial charge in [0.25, 0.3) is 5.91 Å². The van der Waals surface area contributed by atoms with Crippen molar-refractivity contribution < 1.29 is 9.53 Å². The van der Waals surface area contributed by atoms with Gasteiger partial charge in [-0.15, -0.1) is 0 Å². The first-order valence-corrected chi connectivity index (χ1v) is 7.11. The topological polar surface area (TPSA) is 41.6 Å². The number of carbonyl (C=O) groups is 1. The molecule has 0 unspecified atom stereocenters. The van der Waals surface area contributed by atoms with E-state index in [-0.39, 0.29) is 5.91 Å². The molecule has 4 nitrogen and oxygen atoms in total. The van der Waals surface area contributed by atoms with Crippen molar-refractivity contribution in [2.75, 3.05) is 13.1 Å². The highest BCUT2D eigenvalue weighted by Crippen LogP contribution is 2.33. The van der Waals surface area contributed by atoms with Gasteiger partial charge in [0, 0.05) is 6.54 Å². The Bertz CT molecular complexity index is 678. The lowest BCUT2D eigenvalue weighted by molar-refractivity contribution is -0.102. The largest absolute Gasteiger partial charge is 0.464 e. The molecule has 1 amide bonds. The Morgan fingerprint density at radius 1 is 1.05 bits per heavy atom. The van der Waals surface area contributed by atoms with Crippen molar-refractivity contribution in [3.05, 3.63) is 65.7 Å². The Morgan fingerprint density at radius 3 is 2.57 bits per heavy atom. The number of amides is 1. The van der Waals surface area contributed by atoms with Gasteiger partial charge in [-0.1, -0.05) is 42.5 Å². The number of fused-ring (bicyclic) bond motifs is 1. The summed E-state index contributed by atoms with van der Waals surface area (Å²) in [6.07, 6.45) is 0. The SMILES string of the molecule is O=C1NC2(CN(Cc3ccccc3)C2)Oc2ccccc21. The monoisotopic (exact) mass is 280 g/mol. The van der Waals surface area contributed by atoms with Crippen LogP contribution in [-0.4, -0.2) is 29.6 Å². The molecule has 0 saturated carbocycles. The smallest absolute Gasteiger partial charge is 0.258 e. The molecule has 1 N–H and O–H groups in total. The Kier molecular flexibility index (Phi) is 2.72. The third-order valence-electron chi connectivity index (χ3n) is 3.99. The number of benzene rings is 2. The fraction of sp³-hybridized carbons (Fsp3) is 0.235. The maximum atomic E-state index is 12.1. The number of likely N-dealkylation sites (tertiary alicyclic amines) is 1. The van der Waals surface area contributed by atoms with Crippen molar-refractivity contribution in [1.29, 1.82) is 0 Å². The molecule has 2 aromatic rings. The van der Waals surface area contributed by atoms with E-state index in [4.69, 9.17) is 4.74 Å².